The Bertz CT molecular complexity index is 1150. The van der Waals surface area contributed by atoms with E-state index in [4.69, 9.17) is 15.2 Å². The number of nitrogens with two attached hydrogens (primary N) is 1. The zero-order valence-corrected chi connectivity index (χ0v) is 16.9. The number of carbonyl (C=O) groups excluding carboxylic acids is 1. The second kappa shape index (κ2) is 8.37. The zero-order valence-electron chi connectivity index (χ0n) is 16.9. The summed E-state index contributed by atoms with van der Waals surface area (Å²) in [6.07, 6.45) is 2.38. The van der Waals surface area contributed by atoms with Gasteiger partial charge in [-0.25, -0.2) is 28.1 Å². The highest BCUT2D eigenvalue weighted by Gasteiger charge is 2.60. The van der Waals surface area contributed by atoms with Crippen LogP contribution in [-0.4, -0.2) is 41.3 Å². The van der Waals surface area contributed by atoms with Gasteiger partial charge in [0.2, 0.25) is 5.88 Å². The fraction of sp³-hybridized carbons (Fsp3) is 0.333. The Morgan fingerprint density at radius 1 is 1.38 bits per heavy atom. The minimum Gasteiger partial charge on any atom is -0.463 e. The smallest absolute Gasteiger partial charge is 0.283 e. The van der Waals surface area contributed by atoms with Crippen LogP contribution in [0.1, 0.15) is 29.4 Å². The molecule has 1 saturated carbocycles. The summed E-state index contributed by atoms with van der Waals surface area (Å²) in [6, 6.07) is 1.63. The number of carbonyl (C=O) groups is 1. The zero-order chi connectivity index (χ0) is 22.9. The maximum Gasteiger partial charge on any atom is 0.283 e. The van der Waals surface area contributed by atoms with E-state index in [1.807, 2.05) is 0 Å². The van der Waals surface area contributed by atoms with E-state index in [9.17, 15) is 18.0 Å². The number of fused-ring (bicyclic) bond motifs is 1. The molecule has 3 N–H and O–H groups in total. The highest BCUT2D eigenvalue weighted by atomic mass is 19.2. The van der Waals surface area contributed by atoms with Crippen molar-refractivity contribution >= 4 is 17.6 Å². The molecule has 0 spiro atoms. The normalized spacial score (nSPS) is 23.1. The Morgan fingerprint density at radius 3 is 2.88 bits per heavy atom. The quantitative estimate of drug-likeness (QED) is 0.660. The lowest BCUT2D eigenvalue weighted by Crippen LogP contribution is -2.40. The molecule has 32 heavy (non-hydrogen) atoms. The number of amides is 1. The first-order valence-electron chi connectivity index (χ1n) is 9.61. The SMILES string of the molecule is CC#CCOc1cnc(C(=O)Nc2cc(F)c(F)c([C@]3(CF)N=C(N)OC4C[C@H]43)c2)cn1. The number of halogens is 3. The number of nitrogens with one attached hydrogen (secondary N) is 1. The number of hydrogen-bond acceptors (Lipinski definition) is 7. The maximum absolute atomic E-state index is 14.7. The van der Waals surface area contributed by atoms with Crippen molar-refractivity contribution in [3.8, 4) is 17.7 Å². The van der Waals surface area contributed by atoms with Crippen LogP contribution in [0.15, 0.2) is 29.5 Å². The number of benzene rings is 1. The van der Waals surface area contributed by atoms with Crippen molar-refractivity contribution < 1.29 is 27.4 Å². The molecule has 1 unspecified atom stereocenters. The Balaban J connectivity index is 1.59. The molecule has 4 rings (SSSR count). The second-order valence-electron chi connectivity index (χ2n) is 7.24. The van der Waals surface area contributed by atoms with Gasteiger partial charge in [-0.2, -0.15) is 0 Å². The number of ether oxygens (including phenoxy) is 2. The van der Waals surface area contributed by atoms with Crippen LogP contribution in [0.2, 0.25) is 0 Å². The van der Waals surface area contributed by atoms with Crippen molar-refractivity contribution in [3.05, 3.63) is 47.4 Å². The van der Waals surface area contributed by atoms with Gasteiger partial charge >= 0.3 is 0 Å². The van der Waals surface area contributed by atoms with Gasteiger partial charge in [-0.3, -0.25) is 4.79 Å². The van der Waals surface area contributed by atoms with E-state index in [1.165, 1.54) is 6.20 Å². The number of hydrogen-bond donors (Lipinski definition) is 2. The third-order valence-electron chi connectivity index (χ3n) is 5.21. The van der Waals surface area contributed by atoms with E-state index in [-0.39, 0.29) is 35.5 Å². The minimum atomic E-state index is -1.72. The van der Waals surface area contributed by atoms with E-state index < -0.39 is 41.8 Å². The minimum absolute atomic E-state index is 0.0963. The Morgan fingerprint density at radius 2 is 2.19 bits per heavy atom. The van der Waals surface area contributed by atoms with Crippen molar-refractivity contribution in [1.82, 2.24) is 9.97 Å². The van der Waals surface area contributed by atoms with Gasteiger partial charge in [0.15, 0.2) is 18.2 Å². The lowest BCUT2D eigenvalue weighted by Gasteiger charge is -2.31. The molecule has 0 radical (unpaired) electrons. The molecule has 1 aromatic carbocycles. The number of amidine groups is 1. The van der Waals surface area contributed by atoms with Crippen molar-refractivity contribution in [2.24, 2.45) is 16.6 Å². The molecule has 2 aromatic rings. The van der Waals surface area contributed by atoms with Crippen LogP contribution < -0.4 is 15.8 Å². The van der Waals surface area contributed by atoms with Gasteiger partial charge in [0.25, 0.3) is 11.9 Å². The third-order valence-corrected chi connectivity index (χ3v) is 5.21. The van der Waals surface area contributed by atoms with Gasteiger partial charge in [-0.1, -0.05) is 5.92 Å². The first kappa shape index (κ1) is 21.4. The van der Waals surface area contributed by atoms with Gasteiger partial charge in [0.1, 0.15) is 24.0 Å². The van der Waals surface area contributed by atoms with Gasteiger partial charge in [-0.15, -0.1) is 5.92 Å². The van der Waals surface area contributed by atoms with Crippen LogP contribution in [0.3, 0.4) is 0 Å². The van der Waals surface area contributed by atoms with Gasteiger partial charge in [-0.05, 0) is 19.4 Å². The summed E-state index contributed by atoms with van der Waals surface area (Å²) in [6.45, 7) is 0.666. The van der Waals surface area contributed by atoms with E-state index in [0.29, 0.717) is 6.42 Å². The molecule has 1 aliphatic carbocycles. The predicted octanol–water partition coefficient (Wildman–Crippen LogP) is 2.31. The number of alkyl halides is 1. The highest BCUT2D eigenvalue weighted by molar-refractivity contribution is 6.02. The lowest BCUT2D eigenvalue weighted by atomic mass is 9.85. The second-order valence-corrected chi connectivity index (χ2v) is 7.24. The van der Waals surface area contributed by atoms with Crippen molar-refractivity contribution in [3.63, 3.8) is 0 Å². The Labute approximate surface area is 181 Å². The van der Waals surface area contributed by atoms with Gasteiger partial charge < -0.3 is 20.5 Å². The van der Waals surface area contributed by atoms with Crippen molar-refractivity contribution in [2.45, 2.75) is 25.0 Å². The molecule has 11 heteroatoms. The van der Waals surface area contributed by atoms with Crippen LogP contribution in [0.4, 0.5) is 18.9 Å². The highest BCUT2D eigenvalue weighted by Crippen LogP contribution is 2.54. The lowest BCUT2D eigenvalue weighted by molar-refractivity contribution is 0.102. The fourth-order valence-corrected chi connectivity index (χ4v) is 3.59. The number of anilines is 1. The summed E-state index contributed by atoms with van der Waals surface area (Å²) >= 11 is 0. The molecule has 0 saturated heterocycles. The monoisotopic (exact) mass is 445 g/mol. The molecule has 8 nitrogen and oxygen atoms in total. The molecule has 1 fully saturated rings. The maximum atomic E-state index is 14.7. The van der Waals surface area contributed by atoms with E-state index in [1.54, 1.807) is 6.92 Å². The van der Waals surface area contributed by atoms with E-state index in [2.05, 4.69) is 32.1 Å². The summed E-state index contributed by atoms with van der Waals surface area (Å²) in [7, 11) is 0. The molecule has 0 bridgehead atoms. The van der Waals surface area contributed by atoms with Crippen LogP contribution in [0.5, 0.6) is 5.88 Å². The first-order chi connectivity index (χ1) is 15.4. The summed E-state index contributed by atoms with van der Waals surface area (Å²) in [5.41, 5.74) is 3.35. The number of rotatable bonds is 6. The van der Waals surface area contributed by atoms with Crippen LogP contribution in [0.25, 0.3) is 0 Å². The number of aromatic nitrogens is 2. The van der Waals surface area contributed by atoms with Gasteiger partial charge in [0.05, 0.1) is 12.4 Å². The summed E-state index contributed by atoms with van der Waals surface area (Å²) in [4.78, 5) is 24.4. The molecule has 1 aliphatic heterocycles. The molecule has 1 amide bonds. The summed E-state index contributed by atoms with van der Waals surface area (Å²) < 4.78 is 53.7. The van der Waals surface area contributed by atoms with E-state index in [0.717, 1.165) is 18.3 Å². The molecule has 2 aliphatic rings. The summed E-state index contributed by atoms with van der Waals surface area (Å²) in [5.74, 6) is 1.75. The van der Waals surface area contributed by atoms with Crippen LogP contribution in [0, 0.1) is 29.4 Å². The van der Waals surface area contributed by atoms with Crippen LogP contribution in [-0.2, 0) is 10.3 Å². The standard InChI is InChI=1S/C21H18F3N5O3/c1-2-3-4-31-17-9-26-15(8-27-17)19(30)28-11-5-13(18(24)14(23)6-11)21(10-22)12-7-16(12)32-20(25)29-21/h5-6,8-9,12,16H,4,7,10H2,1H3,(H2,25,29)(H,28,30)/t12-,16?,21-/m1/s1. The Hall–Kier alpha value is -3.81. The molecule has 1 aromatic heterocycles. The van der Waals surface area contributed by atoms with Crippen molar-refractivity contribution in [2.75, 3.05) is 18.6 Å². The molecule has 3 atom stereocenters. The largest absolute Gasteiger partial charge is 0.463 e. The third kappa shape index (κ3) is 3.91. The number of nitrogens with zero attached hydrogens (tertiary/aromatic N) is 3. The average molecular weight is 445 g/mol. The fourth-order valence-electron chi connectivity index (χ4n) is 3.59. The average Bonchev–Trinajstić information content (AvgIpc) is 3.56. The van der Waals surface area contributed by atoms with Crippen LogP contribution >= 0.6 is 0 Å². The predicted molar refractivity (Wildman–Crippen MR) is 108 cm³/mol. The topological polar surface area (TPSA) is 112 Å². The Kier molecular flexibility index (Phi) is 5.61. The number of aliphatic imine (C=N–C) groups is 1. The van der Waals surface area contributed by atoms with E-state index >= 15 is 0 Å². The molecular weight excluding hydrogens is 427 g/mol. The molecule has 166 valence electrons. The molecule has 2 heterocycles. The molecular formula is C21H18F3N5O3. The van der Waals surface area contributed by atoms with Crippen molar-refractivity contribution in [1.29, 1.82) is 0 Å². The first-order valence-corrected chi connectivity index (χ1v) is 9.61. The summed E-state index contributed by atoms with van der Waals surface area (Å²) in [5, 5.41) is 2.41. The van der Waals surface area contributed by atoms with Gasteiger partial charge in [0, 0.05) is 23.2 Å².